The number of rotatable bonds is 6. The number of aliphatic hydroxyl groups excluding tert-OH is 1. The standard InChI is InChI=1S/C14H22O3/c1-14(2,17-4)10-12(15)8-11-6-5-7-13(9-11)16-3/h5-7,9,12,15H,8,10H2,1-4H3. The summed E-state index contributed by atoms with van der Waals surface area (Å²) in [5.41, 5.74) is 0.780. The highest BCUT2D eigenvalue weighted by Gasteiger charge is 2.21. The van der Waals surface area contributed by atoms with Crippen LogP contribution in [0.15, 0.2) is 24.3 Å². The highest BCUT2D eigenvalue weighted by atomic mass is 16.5. The summed E-state index contributed by atoms with van der Waals surface area (Å²) in [4.78, 5) is 0. The van der Waals surface area contributed by atoms with Gasteiger partial charge in [0.05, 0.1) is 18.8 Å². The summed E-state index contributed by atoms with van der Waals surface area (Å²) < 4.78 is 10.5. The molecular formula is C14H22O3. The molecule has 3 heteroatoms. The van der Waals surface area contributed by atoms with Crippen molar-refractivity contribution < 1.29 is 14.6 Å². The first-order valence-electron chi connectivity index (χ1n) is 5.83. The van der Waals surface area contributed by atoms with Gasteiger partial charge < -0.3 is 14.6 Å². The van der Waals surface area contributed by atoms with Crippen LogP contribution >= 0.6 is 0 Å². The predicted octanol–water partition coefficient (Wildman–Crippen LogP) is 2.41. The summed E-state index contributed by atoms with van der Waals surface area (Å²) in [5.74, 6) is 0.820. The molecule has 1 rings (SSSR count). The van der Waals surface area contributed by atoms with E-state index >= 15 is 0 Å². The van der Waals surface area contributed by atoms with Crippen molar-refractivity contribution >= 4 is 0 Å². The molecule has 17 heavy (non-hydrogen) atoms. The van der Waals surface area contributed by atoms with Gasteiger partial charge in [0.25, 0.3) is 0 Å². The zero-order valence-electron chi connectivity index (χ0n) is 11.1. The van der Waals surface area contributed by atoms with Gasteiger partial charge in [-0.1, -0.05) is 12.1 Å². The van der Waals surface area contributed by atoms with Crippen molar-refractivity contribution in [3.63, 3.8) is 0 Å². The van der Waals surface area contributed by atoms with E-state index in [1.807, 2.05) is 38.1 Å². The molecule has 0 spiro atoms. The van der Waals surface area contributed by atoms with Crippen molar-refractivity contribution in [1.82, 2.24) is 0 Å². The van der Waals surface area contributed by atoms with E-state index < -0.39 is 6.10 Å². The van der Waals surface area contributed by atoms with Gasteiger partial charge in [0, 0.05) is 13.5 Å². The summed E-state index contributed by atoms with van der Waals surface area (Å²) in [6, 6.07) is 7.77. The Bertz CT molecular complexity index is 347. The smallest absolute Gasteiger partial charge is 0.119 e. The molecule has 96 valence electrons. The van der Waals surface area contributed by atoms with Crippen LogP contribution in [0.5, 0.6) is 5.75 Å². The third-order valence-corrected chi connectivity index (χ3v) is 2.89. The second-order valence-electron chi connectivity index (χ2n) is 4.88. The van der Waals surface area contributed by atoms with Crippen molar-refractivity contribution in [2.75, 3.05) is 14.2 Å². The van der Waals surface area contributed by atoms with E-state index in [1.165, 1.54) is 0 Å². The molecule has 0 aliphatic rings. The van der Waals surface area contributed by atoms with Crippen molar-refractivity contribution in [1.29, 1.82) is 0 Å². The third kappa shape index (κ3) is 4.75. The van der Waals surface area contributed by atoms with Crippen LogP contribution in [0.2, 0.25) is 0 Å². The molecule has 1 N–H and O–H groups in total. The van der Waals surface area contributed by atoms with Crippen molar-refractivity contribution in [2.24, 2.45) is 0 Å². The number of aliphatic hydroxyl groups is 1. The van der Waals surface area contributed by atoms with Gasteiger partial charge in [-0.2, -0.15) is 0 Å². The highest BCUT2D eigenvalue weighted by Crippen LogP contribution is 2.20. The normalized spacial score (nSPS) is 13.5. The van der Waals surface area contributed by atoms with E-state index in [0.29, 0.717) is 12.8 Å². The molecule has 0 fully saturated rings. The Labute approximate surface area is 103 Å². The fourth-order valence-electron chi connectivity index (χ4n) is 1.79. The lowest BCUT2D eigenvalue weighted by molar-refractivity contribution is -0.0190. The van der Waals surface area contributed by atoms with Gasteiger partial charge in [0.15, 0.2) is 0 Å². The van der Waals surface area contributed by atoms with Crippen LogP contribution in [-0.2, 0) is 11.2 Å². The van der Waals surface area contributed by atoms with Crippen LogP contribution in [-0.4, -0.2) is 31.0 Å². The number of benzene rings is 1. The largest absolute Gasteiger partial charge is 0.497 e. The van der Waals surface area contributed by atoms with E-state index in [0.717, 1.165) is 11.3 Å². The Morgan fingerprint density at radius 3 is 2.59 bits per heavy atom. The van der Waals surface area contributed by atoms with Gasteiger partial charge >= 0.3 is 0 Å². The van der Waals surface area contributed by atoms with Gasteiger partial charge in [0.2, 0.25) is 0 Å². The van der Waals surface area contributed by atoms with Crippen molar-refractivity contribution in [2.45, 2.75) is 38.4 Å². The molecule has 0 saturated heterocycles. The maximum atomic E-state index is 10.0. The molecule has 0 aliphatic carbocycles. The van der Waals surface area contributed by atoms with E-state index in [1.54, 1.807) is 14.2 Å². The van der Waals surface area contributed by atoms with Gasteiger partial charge in [-0.05, 0) is 38.0 Å². The summed E-state index contributed by atoms with van der Waals surface area (Å²) in [6.45, 7) is 3.95. The van der Waals surface area contributed by atoms with Crippen LogP contribution in [0.4, 0.5) is 0 Å². The Hall–Kier alpha value is -1.06. The van der Waals surface area contributed by atoms with Gasteiger partial charge in [-0.3, -0.25) is 0 Å². The van der Waals surface area contributed by atoms with Gasteiger partial charge in [-0.15, -0.1) is 0 Å². The second kappa shape index (κ2) is 6.03. The fourth-order valence-corrected chi connectivity index (χ4v) is 1.79. The lowest BCUT2D eigenvalue weighted by atomic mass is 9.96. The van der Waals surface area contributed by atoms with Crippen LogP contribution in [0.1, 0.15) is 25.8 Å². The highest BCUT2D eigenvalue weighted by molar-refractivity contribution is 5.28. The van der Waals surface area contributed by atoms with Gasteiger partial charge in [-0.25, -0.2) is 0 Å². The summed E-state index contributed by atoms with van der Waals surface area (Å²) in [5, 5.41) is 10.0. The van der Waals surface area contributed by atoms with Crippen LogP contribution in [0.3, 0.4) is 0 Å². The van der Waals surface area contributed by atoms with Crippen LogP contribution in [0, 0.1) is 0 Å². The Kier molecular flexibility index (Phi) is 4.97. The lowest BCUT2D eigenvalue weighted by Crippen LogP contribution is -2.29. The molecule has 0 saturated carbocycles. The molecule has 0 amide bonds. The molecule has 1 aromatic rings. The molecule has 0 aromatic heterocycles. The van der Waals surface area contributed by atoms with E-state index in [2.05, 4.69) is 0 Å². The van der Waals surface area contributed by atoms with Gasteiger partial charge in [0.1, 0.15) is 5.75 Å². The lowest BCUT2D eigenvalue weighted by Gasteiger charge is -2.25. The van der Waals surface area contributed by atoms with E-state index in [9.17, 15) is 5.11 Å². The minimum Gasteiger partial charge on any atom is -0.497 e. The molecule has 0 radical (unpaired) electrons. The monoisotopic (exact) mass is 238 g/mol. The molecule has 1 atom stereocenters. The third-order valence-electron chi connectivity index (χ3n) is 2.89. The first kappa shape index (κ1) is 14.0. The summed E-state index contributed by atoms with van der Waals surface area (Å²) >= 11 is 0. The summed E-state index contributed by atoms with van der Waals surface area (Å²) in [7, 11) is 3.31. The molecule has 1 unspecified atom stereocenters. The first-order chi connectivity index (χ1) is 7.96. The molecular weight excluding hydrogens is 216 g/mol. The average Bonchev–Trinajstić information content (AvgIpc) is 2.28. The Balaban J connectivity index is 2.58. The van der Waals surface area contributed by atoms with E-state index in [-0.39, 0.29) is 5.60 Å². The molecule has 0 heterocycles. The quantitative estimate of drug-likeness (QED) is 0.827. The molecule has 0 aliphatic heterocycles. The zero-order chi connectivity index (χ0) is 12.9. The van der Waals surface area contributed by atoms with Crippen molar-refractivity contribution in [3.05, 3.63) is 29.8 Å². The number of hydrogen-bond donors (Lipinski definition) is 1. The maximum absolute atomic E-state index is 10.0. The van der Waals surface area contributed by atoms with Crippen molar-refractivity contribution in [3.8, 4) is 5.75 Å². The average molecular weight is 238 g/mol. The SMILES string of the molecule is COc1cccc(CC(O)CC(C)(C)OC)c1. The number of ether oxygens (including phenoxy) is 2. The summed E-state index contributed by atoms with van der Waals surface area (Å²) in [6.07, 6.45) is 0.821. The topological polar surface area (TPSA) is 38.7 Å². The second-order valence-corrected chi connectivity index (χ2v) is 4.88. The molecule has 1 aromatic carbocycles. The number of hydrogen-bond acceptors (Lipinski definition) is 3. The Morgan fingerprint density at radius 2 is 2.00 bits per heavy atom. The predicted molar refractivity (Wildman–Crippen MR) is 68.4 cm³/mol. The van der Waals surface area contributed by atoms with Crippen LogP contribution < -0.4 is 4.74 Å². The fraction of sp³-hybridized carbons (Fsp3) is 0.571. The minimum absolute atomic E-state index is 0.293. The Morgan fingerprint density at radius 1 is 1.29 bits per heavy atom. The van der Waals surface area contributed by atoms with E-state index in [4.69, 9.17) is 9.47 Å². The molecule has 0 bridgehead atoms. The zero-order valence-corrected chi connectivity index (χ0v) is 11.1. The maximum Gasteiger partial charge on any atom is 0.119 e. The molecule has 3 nitrogen and oxygen atoms in total. The van der Waals surface area contributed by atoms with Crippen LogP contribution in [0.25, 0.3) is 0 Å². The number of methoxy groups -OCH3 is 2. The first-order valence-corrected chi connectivity index (χ1v) is 5.83. The minimum atomic E-state index is -0.406.